The third-order valence-corrected chi connectivity index (χ3v) is 5.04. The second-order valence-electron chi connectivity index (χ2n) is 6.18. The Kier molecular flexibility index (Phi) is 4.31. The maximum Gasteiger partial charge on any atom is 0.152 e. The number of nitrogens with zero attached hydrogens (tertiary/aromatic N) is 1. The molecule has 2 aromatic rings. The van der Waals surface area contributed by atoms with E-state index >= 15 is 0 Å². The number of hydrogen-bond donors (Lipinski definition) is 2. The van der Waals surface area contributed by atoms with E-state index in [-0.39, 0.29) is 6.04 Å². The fourth-order valence-electron chi connectivity index (χ4n) is 3.46. The van der Waals surface area contributed by atoms with E-state index in [1.54, 1.807) is 12.1 Å². The predicted molar refractivity (Wildman–Crippen MR) is 97.0 cm³/mol. The van der Waals surface area contributed by atoms with Crippen molar-refractivity contribution < 1.29 is 9.84 Å². The predicted octanol–water partition coefficient (Wildman–Crippen LogP) is 4.35. The molecule has 4 nitrogen and oxygen atoms in total. The Bertz CT molecular complexity index is 717. The molecule has 2 atom stereocenters. The van der Waals surface area contributed by atoms with Crippen molar-refractivity contribution in [1.82, 2.24) is 5.32 Å². The van der Waals surface area contributed by atoms with E-state index < -0.39 is 6.10 Å². The van der Waals surface area contributed by atoms with Crippen LogP contribution in [0, 0.1) is 0 Å². The number of halogens is 2. The van der Waals surface area contributed by atoms with Crippen LogP contribution in [0.5, 0.6) is 11.5 Å². The van der Waals surface area contributed by atoms with Gasteiger partial charge in [0.2, 0.25) is 0 Å². The fraction of sp³-hybridized carbons (Fsp3) is 0.333. The summed E-state index contributed by atoms with van der Waals surface area (Å²) in [5, 5.41) is 15.2. The van der Waals surface area contributed by atoms with Crippen molar-refractivity contribution in [3.63, 3.8) is 0 Å². The molecule has 0 radical (unpaired) electrons. The van der Waals surface area contributed by atoms with Gasteiger partial charge >= 0.3 is 0 Å². The average Bonchev–Trinajstić information content (AvgIpc) is 2.77. The minimum atomic E-state index is -0.474. The molecular weight excluding hydrogens is 347 g/mol. The standard InChI is InChI=1S/C18H18Cl2N2O2/c19-11-3-5-14-17(8-11)24-18-9-12(20)4-6-15(18)22(14)13-2-1-7-21-10-16(13)23/h3-6,8-9,13,16,21,23H,1-2,7,10H2/t13-,16-/m0/s1. The summed E-state index contributed by atoms with van der Waals surface area (Å²) in [5.74, 6) is 1.36. The molecule has 2 aliphatic rings. The molecule has 0 spiro atoms. The van der Waals surface area contributed by atoms with Crippen molar-refractivity contribution in [3.05, 3.63) is 46.4 Å². The van der Waals surface area contributed by atoms with Gasteiger partial charge < -0.3 is 20.1 Å². The summed E-state index contributed by atoms with van der Waals surface area (Å²) < 4.78 is 6.02. The molecule has 1 fully saturated rings. The van der Waals surface area contributed by atoms with Gasteiger partial charge in [-0.05, 0) is 43.7 Å². The first-order valence-corrected chi connectivity index (χ1v) is 8.84. The number of anilines is 2. The Balaban J connectivity index is 1.85. The van der Waals surface area contributed by atoms with Crippen molar-refractivity contribution in [2.75, 3.05) is 18.0 Å². The van der Waals surface area contributed by atoms with Crippen LogP contribution in [0.2, 0.25) is 10.0 Å². The van der Waals surface area contributed by atoms with Crippen LogP contribution >= 0.6 is 23.2 Å². The molecule has 0 aromatic heterocycles. The zero-order valence-electron chi connectivity index (χ0n) is 13.0. The summed E-state index contributed by atoms with van der Waals surface area (Å²) in [5.41, 5.74) is 1.83. The molecule has 2 aliphatic heterocycles. The maximum absolute atomic E-state index is 10.7. The summed E-state index contributed by atoms with van der Waals surface area (Å²) in [6.07, 6.45) is 1.42. The topological polar surface area (TPSA) is 44.7 Å². The van der Waals surface area contributed by atoms with E-state index in [1.807, 2.05) is 24.3 Å². The van der Waals surface area contributed by atoms with E-state index in [1.165, 1.54) is 0 Å². The van der Waals surface area contributed by atoms with Gasteiger partial charge in [0.05, 0.1) is 23.5 Å². The molecule has 0 aliphatic carbocycles. The highest BCUT2D eigenvalue weighted by atomic mass is 35.5. The second kappa shape index (κ2) is 6.45. The van der Waals surface area contributed by atoms with Crippen LogP contribution in [0.3, 0.4) is 0 Å². The summed E-state index contributed by atoms with van der Waals surface area (Å²) in [4.78, 5) is 2.17. The van der Waals surface area contributed by atoms with Crippen molar-refractivity contribution in [1.29, 1.82) is 0 Å². The first kappa shape index (κ1) is 16.0. The Labute approximate surface area is 150 Å². The van der Waals surface area contributed by atoms with Gasteiger partial charge in [0, 0.05) is 28.7 Å². The third-order valence-electron chi connectivity index (χ3n) is 4.57. The third kappa shape index (κ3) is 2.84. The largest absolute Gasteiger partial charge is 0.453 e. The van der Waals surface area contributed by atoms with Crippen LogP contribution < -0.4 is 15.0 Å². The molecule has 2 heterocycles. The highest BCUT2D eigenvalue weighted by Gasteiger charge is 2.34. The number of benzene rings is 2. The van der Waals surface area contributed by atoms with E-state index in [4.69, 9.17) is 27.9 Å². The zero-order chi connectivity index (χ0) is 16.7. The Morgan fingerprint density at radius 1 is 1.04 bits per heavy atom. The summed E-state index contributed by atoms with van der Waals surface area (Å²) in [6, 6.07) is 11.1. The van der Waals surface area contributed by atoms with Crippen LogP contribution in [-0.4, -0.2) is 30.3 Å². The monoisotopic (exact) mass is 364 g/mol. The van der Waals surface area contributed by atoms with Gasteiger partial charge in [-0.3, -0.25) is 0 Å². The molecule has 126 valence electrons. The van der Waals surface area contributed by atoms with Gasteiger partial charge in [-0.1, -0.05) is 23.2 Å². The van der Waals surface area contributed by atoms with Gasteiger partial charge in [0.15, 0.2) is 11.5 Å². The molecule has 2 aromatic carbocycles. The zero-order valence-corrected chi connectivity index (χ0v) is 14.5. The lowest BCUT2D eigenvalue weighted by Gasteiger charge is -2.40. The van der Waals surface area contributed by atoms with Gasteiger partial charge in [-0.25, -0.2) is 0 Å². The first-order chi connectivity index (χ1) is 11.6. The van der Waals surface area contributed by atoms with Gasteiger partial charge in [0.1, 0.15) is 0 Å². The molecule has 2 N–H and O–H groups in total. The summed E-state index contributed by atoms with van der Waals surface area (Å²) in [7, 11) is 0. The average molecular weight is 365 g/mol. The number of aliphatic hydroxyl groups excluding tert-OH is 1. The number of aliphatic hydroxyl groups is 1. The molecule has 0 amide bonds. The Morgan fingerprint density at radius 2 is 1.67 bits per heavy atom. The van der Waals surface area contributed by atoms with Crippen LogP contribution in [0.1, 0.15) is 12.8 Å². The summed E-state index contributed by atoms with van der Waals surface area (Å²) in [6.45, 7) is 1.49. The van der Waals surface area contributed by atoms with Crippen molar-refractivity contribution >= 4 is 34.6 Å². The Hall–Kier alpha value is -1.46. The highest BCUT2D eigenvalue weighted by Crippen LogP contribution is 2.50. The molecule has 0 unspecified atom stereocenters. The van der Waals surface area contributed by atoms with Crippen LogP contribution in [-0.2, 0) is 0 Å². The van der Waals surface area contributed by atoms with Gasteiger partial charge in [-0.15, -0.1) is 0 Å². The fourth-order valence-corrected chi connectivity index (χ4v) is 3.78. The number of rotatable bonds is 1. The van der Waals surface area contributed by atoms with Crippen molar-refractivity contribution in [2.45, 2.75) is 25.0 Å². The molecule has 24 heavy (non-hydrogen) atoms. The summed E-state index contributed by atoms with van der Waals surface area (Å²) >= 11 is 12.3. The van der Waals surface area contributed by atoms with Crippen LogP contribution in [0.4, 0.5) is 11.4 Å². The number of fused-ring (bicyclic) bond motifs is 2. The Morgan fingerprint density at radius 3 is 2.29 bits per heavy atom. The van der Waals surface area contributed by atoms with Crippen molar-refractivity contribution in [3.8, 4) is 11.5 Å². The quantitative estimate of drug-likeness (QED) is 0.789. The molecule has 1 saturated heterocycles. The van der Waals surface area contributed by atoms with Crippen molar-refractivity contribution in [2.24, 2.45) is 0 Å². The molecule has 4 rings (SSSR count). The van der Waals surface area contributed by atoms with E-state index in [9.17, 15) is 5.11 Å². The normalized spacial score (nSPS) is 23.0. The highest BCUT2D eigenvalue weighted by molar-refractivity contribution is 6.31. The molecule has 0 bridgehead atoms. The minimum Gasteiger partial charge on any atom is -0.453 e. The van der Waals surface area contributed by atoms with Gasteiger partial charge in [0.25, 0.3) is 0 Å². The van der Waals surface area contributed by atoms with Crippen LogP contribution in [0.25, 0.3) is 0 Å². The van der Waals surface area contributed by atoms with E-state index in [0.717, 1.165) is 30.8 Å². The number of hydrogen-bond acceptors (Lipinski definition) is 4. The maximum atomic E-state index is 10.7. The lowest BCUT2D eigenvalue weighted by atomic mass is 10.0. The van der Waals surface area contributed by atoms with E-state index in [0.29, 0.717) is 28.1 Å². The SMILES string of the molecule is O[C@H]1CNCCC[C@@H]1N1c2ccc(Cl)cc2Oc2cc(Cl)ccc21. The molecule has 0 saturated carbocycles. The van der Waals surface area contributed by atoms with Gasteiger partial charge in [-0.2, -0.15) is 0 Å². The van der Waals surface area contributed by atoms with E-state index in [2.05, 4.69) is 10.2 Å². The smallest absolute Gasteiger partial charge is 0.152 e. The van der Waals surface area contributed by atoms with Crippen LogP contribution in [0.15, 0.2) is 36.4 Å². The molecule has 6 heteroatoms. The lowest BCUT2D eigenvalue weighted by Crippen LogP contribution is -2.44. The first-order valence-electron chi connectivity index (χ1n) is 8.08. The number of nitrogens with one attached hydrogen (secondary N) is 1. The number of β-amino-alcohol motifs (C(OH)–C–C–N with tert-alkyl or cyclic N) is 1. The molecular formula is C18H18Cl2N2O2. The number of ether oxygens (including phenoxy) is 1. The minimum absolute atomic E-state index is 0.0382. The lowest BCUT2D eigenvalue weighted by molar-refractivity contribution is 0.146. The second-order valence-corrected chi connectivity index (χ2v) is 7.05.